The van der Waals surface area contributed by atoms with E-state index >= 15 is 0 Å². The summed E-state index contributed by atoms with van der Waals surface area (Å²) in [5.74, 6) is 0.789. The Balaban J connectivity index is 1.77. The van der Waals surface area contributed by atoms with Crippen molar-refractivity contribution in [1.82, 2.24) is 20.1 Å². The van der Waals surface area contributed by atoms with Gasteiger partial charge >= 0.3 is 0 Å². The lowest BCUT2D eigenvalue weighted by molar-refractivity contribution is -0.122. The molecule has 0 saturated heterocycles. The predicted molar refractivity (Wildman–Crippen MR) is 102 cm³/mol. The maximum absolute atomic E-state index is 11.9. The van der Waals surface area contributed by atoms with Gasteiger partial charge in [0.2, 0.25) is 11.8 Å². The van der Waals surface area contributed by atoms with Crippen molar-refractivity contribution in [3.8, 4) is 0 Å². The molecule has 1 heterocycles. The topological polar surface area (TPSA) is 88.9 Å². The first-order chi connectivity index (χ1) is 11.9. The zero-order chi connectivity index (χ0) is 18.4. The summed E-state index contributed by atoms with van der Waals surface area (Å²) >= 11 is 4.64. The first kappa shape index (κ1) is 19.5. The van der Waals surface area contributed by atoms with Crippen LogP contribution in [0.2, 0.25) is 0 Å². The zero-order valence-corrected chi connectivity index (χ0v) is 16.6. The number of nitrogens with zero attached hydrogens (tertiary/aromatic N) is 3. The van der Waals surface area contributed by atoms with Gasteiger partial charge in [0.15, 0.2) is 5.16 Å². The first-order valence-corrected chi connectivity index (χ1v) is 9.49. The number of thioether (sulfide) groups is 1. The van der Waals surface area contributed by atoms with Crippen molar-refractivity contribution in [2.75, 3.05) is 17.6 Å². The molecule has 0 aliphatic rings. The summed E-state index contributed by atoms with van der Waals surface area (Å²) in [7, 11) is 1.88. The van der Waals surface area contributed by atoms with E-state index < -0.39 is 0 Å². The number of hydrogen-bond acceptors (Lipinski definition) is 5. The maximum atomic E-state index is 11.9. The highest BCUT2D eigenvalue weighted by molar-refractivity contribution is 9.10. The molecule has 0 radical (unpaired) electrons. The molecule has 2 rings (SSSR count). The average molecular weight is 426 g/mol. The van der Waals surface area contributed by atoms with Crippen LogP contribution in [0.1, 0.15) is 25.6 Å². The van der Waals surface area contributed by atoms with Gasteiger partial charge in [0.25, 0.3) is 0 Å². The summed E-state index contributed by atoms with van der Waals surface area (Å²) in [6.45, 7) is 3.99. The van der Waals surface area contributed by atoms with Crippen LogP contribution < -0.4 is 10.6 Å². The van der Waals surface area contributed by atoms with E-state index in [1.165, 1.54) is 11.8 Å². The van der Waals surface area contributed by atoms with Gasteiger partial charge in [0.05, 0.1) is 18.0 Å². The van der Waals surface area contributed by atoms with E-state index in [0.29, 0.717) is 10.8 Å². The SMILES string of the molecule is CC(C)c1nnc(SCC(=O)NCC(=O)Nc2ccccc2Br)n1C. The van der Waals surface area contributed by atoms with Gasteiger partial charge in [-0.15, -0.1) is 10.2 Å². The third-order valence-electron chi connectivity index (χ3n) is 3.31. The highest BCUT2D eigenvalue weighted by Crippen LogP contribution is 2.21. The molecule has 0 unspecified atom stereocenters. The molecule has 2 amide bonds. The third-order valence-corrected chi connectivity index (χ3v) is 5.02. The Hall–Kier alpha value is -1.87. The van der Waals surface area contributed by atoms with Crippen molar-refractivity contribution in [3.63, 3.8) is 0 Å². The van der Waals surface area contributed by atoms with Gasteiger partial charge in [0.1, 0.15) is 5.82 Å². The molecule has 1 aromatic carbocycles. The number of carbonyl (C=O) groups excluding carboxylic acids is 2. The maximum Gasteiger partial charge on any atom is 0.243 e. The number of rotatable bonds is 7. The van der Waals surface area contributed by atoms with Crippen LogP contribution in [-0.4, -0.2) is 38.9 Å². The molecule has 7 nitrogen and oxygen atoms in total. The normalized spacial score (nSPS) is 10.8. The van der Waals surface area contributed by atoms with Crippen LogP contribution in [0.3, 0.4) is 0 Å². The summed E-state index contributed by atoms with van der Waals surface area (Å²) in [5.41, 5.74) is 0.663. The van der Waals surface area contributed by atoms with Crippen molar-refractivity contribution < 1.29 is 9.59 Å². The summed E-state index contributed by atoms with van der Waals surface area (Å²) < 4.78 is 2.66. The first-order valence-electron chi connectivity index (χ1n) is 7.71. The van der Waals surface area contributed by atoms with Crippen molar-refractivity contribution >= 4 is 45.2 Å². The molecule has 2 aromatic rings. The number of para-hydroxylation sites is 1. The lowest BCUT2D eigenvalue weighted by atomic mass is 10.2. The van der Waals surface area contributed by atoms with Gasteiger partial charge in [0, 0.05) is 17.4 Å². The largest absolute Gasteiger partial charge is 0.346 e. The minimum absolute atomic E-state index is 0.0865. The Kier molecular flexibility index (Phi) is 7.01. The summed E-state index contributed by atoms with van der Waals surface area (Å²) in [6, 6.07) is 7.29. The molecule has 2 N–H and O–H groups in total. The van der Waals surface area contributed by atoms with Crippen molar-refractivity contribution in [3.05, 3.63) is 34.6 Å². The number of aromatic nitrogens is 3. The van der Waals surface area contributed by atoms with Gasteiger partial charge in [-0.2, -0.15) is 0 Å². The Morgan fingerprint density at radius 1 is 1.24 bits per heavy atom. The van der Waals surface area contributed by atoms with E-state index in [0.717, 1.165) is 10.3 Å². The molecule has 0 aliphatic heterocycles. The fraction of sp³-hybridized carbons (Fsp3) is 0.375. The Bertz CT molecular complexity index is 763. The van der Waals surface area contributed by atoms with Crippen LogP contribution >= 0.6 is 27.7 Å². The van der Waals surface area contributed by atoms with Crippen LogP contribution in [0, 0.1) is 0 Å². The molecule has 0 aliphatic carbocycles. The second-order valence-electron chi connectivity index (χ2n) is 5.65. The van der Waals surface area contributed by atoms with Crippen LogP contribution in [-0.2, 0) is 16.6 Å². The van der Waals surface area contributed by atoms with E-state index in [9.17, 15) is 9.59 Å². The van der Waals surface area contributed by atoms with E-state index in [1.54, 1.807) is 6.07 Å². The minimum atomic E-state index is -0.286. The molecule has 134 valence electrons. The Morgan fingerprint density at radius 2 is 1.96 bits per heavy atom. The fourth-order valence-electron chi connectivity index (χ4n) is 2.07. The van der Waals surface area contributed by atoms with Crippen molar-refractivity contribution in [1.29, 1.82) is 0 Å². The van der Waals surface area contributed by atoms with Crippen molar-refractivity contribution in [2.24, 2.45) is 7.05 Å². The molecular weight excluding hydrogens is 406 g/mol. The molecule has 0 spiro atoms. The lowest BCUT2D eigenvalue weighted by Crippen LogP contribution is -2.34. The summed E-state index contributed by atoms with van der Waals surface area (Å²) in [5, 5.41) is 14.2. The molecule has 0 fully saturated rings. The average Bonchev–Trinajstić information content (AvgIpc) is 2.94. The van der Waals surface area contributed by atoms with E-state index in [4.69, 9.17) is 0 Å². The Labute approximate surface area is 159 Å². The van der Waals surface area contributed by atoms with E-state index in [1.807, 2.05) is 43.7 Å². The molecular formula is C16H20BrN5O2S. The number of carbonyl (C=O) groups is 2. The van der Waals surface area contributed by atoms with Gasteiger partial charge in [-0.25, -0.2) is 0 Å². The van der Waals surface area contributed by atoms with E-state index in [-0.39, 0.29) is 30.0 Å². The van der Waals surface area contributed by atoms with Crippen LogP contribution in [0.25, 0.3) is 0 Å². The standard InChI is InChI=1S/C16H20BrN5O2S/c1-10(2)15-20-21-16(22(15)3)25-9-14(24)18-8-13(23)19-12-7-5-4-6-11(12)17/h4-7,10H,8-9H2,1-3H3,(H,18,24)(H,19,23). The monoisotopic (exact) mass is 425 g/mol. The third kappa shape index (κ3) is 5.57. The fourth-order valence-corrected chi connectivity index (χ4v) is 3.20. The van der Waals surface area contributed by atoms with Crippen LogP contribution in [0.5, 0.6) is 0 Å². The molecule has 1 aromatic heterocycles. The van der Waals surface area contributed by atoms with Crippen molar-refractivity contribution in [2.45, 2.75) is 24.9 Å². The minimum Gasteiger partial charge on any atom is -0.346 e. The number of hydrogen-bond donors (Lipinski definition) is 2. The molecule has 0 saturated carbocycles. The van der Waals surface area contributed by atoms with Crippen LogP contribution in [0.4, 0.5) is 5.69 Å². The van der Waals surface area contributed by atoms with Gasteiger partial charge < -0.3 is 15.2 Å². The summed E-state index contributed by atoms with van der Waals surface area (Å²) in [4.78, 5) is 23.8. The van der Waals surface area contributed by atoms with Gasteiger partial charge in [-0.3, -0.25) is 9.59 Å². The van der Waals surface area contributed by atoms with Crippen LogP contribution in [0.15, 0.2) is 33.9 Å². The second-order valence-corrected chi connectivity index (χ2v) is 7.44. The summed E-state index contributed by atoms with van der Waals surface area (Å²) in [6.07, 6.45) is 0. The zero-order valence-electron chi connectivity index (χ0n) is 14.2. The number of benzene rings is 1. The quantitative estimate of drug-likeness (QED) is 0.665. The number of amides is 2. The molecule has 0 bridgehead atoms. The molecule has 9 heteroatoms. The second kappa shape index (κ2) is 9.00. The number of nitrogens with one attached hydrogen (secondary N) is 2. The highest BCUT2D eigenvalue weighted by atomic mass is 79.9. The highest BCUT2D eigenvalue weighted by Gasteiger charge is 2.14. The lowest BCUT2D eigenvalue weighted by Gasteiger charge is -2.08. The Morgan fingerprint density at radius 3 is 2.60 bits per heavy atom. The van der Waals surface area contributed by atoms with E-state index in [2.05, 4.69) is 36.8 Å². The number of anilines is 1. The predicted octanol–water partition coefficient (Wildman–Crippen LogP) is 2.55. The smallest absolute Gasteiger partial charge is 0.243 e. The molecule has 25 heavy (non-hydrogen) atoms. The number of halogens is 1. The van der Waals surface area contributed by atoms with Gasteiger partial charge in [-0.05, 0) is 28.1 Å². The molecule has 0 atom stereocenters. The van der Waals surface area contributed by atoms with Gasteiger partial charge in [-0.1, -0.05) is 37.7 Å².